The molecule has 1 saturated carbocycles. The number of aliphatic hydroxyl groups excluding tert-OH is 4. The first kappa shape index (κ1) is 23.8. The van der Waals surface area contributed by atoms with Gasteiger partial charge in [-0.1, -0.05) is 50.1 Å². The van der Waals surface area contributed by atoms with Crippen LogP contribution in [0.4, 0.5) is 0 Å². The third-order valence-electron chi connectivity index (χ3n) is 5.76. The highest BCUT2D eigenvalue weighted by Crippen LogP contribution is 2.37. The van der Waals surface area contributed by atoms with Crippen molar-refractivity contribution in [1.82, 2.24) is 5.32 Å². The molecule has 1 aliphatic carbocycles. The van der Waals surface area contributed by atoms with Gasteiger partial charge in [-0.25, -0.2) is 0 Å². The Morgan fingerprint density at radius 1 is 1.10 bits per heavy atom. The molecule has 164 valence electrons. The van der Waals surface area contributed by atoms with Gasteiger partial charge in [0.1, 0.15) is 0 Å². The molecule has 5 N–H and O–H groups in total. The van der Waals surface area contributed by atoms with E-state index in [0.29, 0.717) is 31.6 Å². The first-order chi connectivity index (χ1) is 13.9. The van der Waals surface area contributed by atoms with E-state index in [0.717, 1.165) is 18.4 Å². The molecule has 0 spiro atoms. The molecule has 0 saturated heterocycles. The highest BCUT2D eigenvalue weighted by Gasteiger charge is 2.32. The van der Waals surface area contributed by atoms with Crippen LogP contribution in [0, 0.1) is 17.8 Å². The lowest BCUT2D eigenvalue weighted by atomic mass is 9.90. The topological polar surface area (TPSA) is 110 Å². The average molecular weight is 408 g/mol. The zero-order valence-electron chi connectivity index (χ0n) is 17.4. The molecule has 29 heavy (non-hydrogen) atoms. The third kappa shape index (κ3) is 9.26. The Kier molecular flexibility index (Phi) is 10.1. The summed E-state index contributed by atoms with van der Waals surface area (Å²) in [6, 6.07) is 9.50. The summed E-state index contributed by atoms with van der Waals surface area (Å²) in [5.74, 6) is 0.104. The Morgan fingerprint density at radius 2 is 1.79 bits per heavy atom. The van der Waals surface area contributed by atoms with Crippen molar-refractivity contribution < 1.29 is 25.2 Å². The fourth-order valence-corrected chi connectivity index (χ4v) is 3.54. The van der Waals surface area contributed by atoms with Crippen LogP contribution in [0.3, 0.4) is 0 Å². The monoisotopic (exact) mass is 407 g/mol. The third-order valence-corrected chi connectivity index (χ3v) is 5.76. The van der Waals surface area contributed by atoms with Crippen molar-refractivity contribution in [2.45, 2.75) is 70.2 Å². The summed E-state index contributed by atoms with van der Waals surface area (Å²) >= 11 is 0. The van der Waals surface area contributed by atoms with E-state index in [-0.39, 0.29) is 37.3 Å². The van der Waals surface area contributed by atoms with Gasteiger partial charge in [-0.15, -0.1) is 0 Å². The minimum Gasteiger partial charge on any atom is -0.396 e. The van der Waals surface area contributed by atoms with Crippen molar-refractivity contribution in [3.63, 3.8) is 0 Å². The van der Waals surface area contributed by atoms with Crippen LogP contribution in [-0.2, 0) is 11.2 Å². The van der Waals surface area contributed by atoms with Gasteiger partial charge in [0.2, 0.25) is 5.91 Å². The smallest absolute Gasteiger partial charge is 0.223 e. The summed E-state index contributed by atoms with van der Waals surface area (Å²) in [6.07, 6.45) is 2.16. The average Bonchev–Trinajstić information content (AvgIpc) is 3.54. The number of rotatable bonds is 14. The van der Waals surface area contributed by atoms with Crippen LogP contribution in [0.1, 0.15) is 51.0 Å². The van der Waals surface area contributed by atoms with Crippen LogP contribution < -0.4 is 5.32 Å². The second-order valence-corrected chi connectivity index (χ2v) is 8.70. The van der Waals surface area contributed by atoms with E-state index in [4.69, 9.17) is 5.11 Å². The van der Waals surface area contributed by atoms with Crippen molar-refractivity contribution in [2.75, 3.05) is 13.2 Å². The highest BCUT2D eigenvalue weighted by atomic mass is 16.3. The molecule has 5 unspecified atom stereocenters. The fourth-order valence-electron chi connectivity index (χ4n) is 3.54. The van der Waals surface area contributed by atoms with Crippen molar-refractivity contribution in [2.24, 2.45) is 17.8 Å². The molecular weight excluding hydrogens is 370 g/mol. The quantitative estimate of drug-likeness (QED) is 0.322. The van der Waals surface area contributed by atoms with Crippen molar-refractivity contribution in [1.29, 1.82) is 0 Å². The molecule has 0 aliphatic heterocycles. The molecule has 6 nitrogen and oxygen atoms in total. The zero-order valence-corrected chi connectivity index (χ0v) is 17.4. The van der Waals surface area contributed by atoms with E-state index in [1.807, 2.05) is 37.3 Å². The molecule has 1 amide bonds. The molecule has 2 rings (SSSR count). The Bertz CT molecular complexity index is 592. The number of amides is 1. The molecule has 0 radical (unpaired) electrons. The van der Waals surface area contributed by atoms with E-state index in [1.165, 1.54) is 0 Å². The van der Waals surface area contributed by atoms with Crippen LogP contribution in [0.5, 0.6) is 0 Å². The minimum absolute atomic E-state index is 0.0890. The Hall–Kier alpha value is -1.47. The van der Waals surface area contributed by atoms with E-state index >= 15 is 0 Å². The van der Waals surface area contributed by atoms with Gasteiger partial charge in [0, 0.05) is 25.5 Å². The molecule has 0 bridgehead atoms. The molecule has 5 atom stereocenters. The molecule has 1 aromatic rings. The molecule has 1 fully saturated rings. The van der Waals surface area contributed by atoms with Gasteiger partial charge in [-0.3, -0.25) is 4.79 Å². The minimum atomic E-state index is -0.972. The molecule has 0 heterocycles. The Labute approximate surface area is 174 Å². The maximum Gasteiger partial charge on any atom is 0.223 e. The van der Waals surface area contributed by atoms with Gasteiger partial charge in [-0.05, 0) is 43.1 Å². The summed E-state index contributed by atoms with van der Waals surface area (Å²) in [5.41, 5.74) is 0.947. The SMILES string of the molecule is CC(CO)CCC(O)CNC(=O)C(CC1CC1)CC(O)C(O)Cc1ccccc1. The molecular formula is C23H37NO5. The molecule has 1 aliphatic rings. The molecule has 0 aromatic heterocycles. The zero-order chi connectivity index (χ0) is 21.2. The Morgan fingerprint density at radius 3 is 2.41 bits per heavy atom. The van der Waals surface area contributed by atoms with Crippen LogP contribution >= 0.6 is 0 Å². The van der Waals surface area contributed by atoms with Crippen molar-refractivity contribution in [3.8, 4) is 0 Å². The predicted octanol–water partition coefficient (Wildman–Crippen LogP) is 1.64. The lowest BCUT2D eigenvalue weighted by Crippen LogP contribution is -2.40. The van der Waals surface area contributed by atoms with Gasteiger partial charge >= 0.3 is 0 Å². The number of hydrogen-bond donors (Lipinski definition) is 5. The van der Waals surface area contributed by atoms with Gasteiger partial charge in [0.15, 0.2) is 0 Å². The Balaban J connectivity index is 1.81. The lowest BCUT2D eigenvalue weighted by molar-refractivity contribution is -0.127. The maximum absolute atomic E-state index is 12.7. The second kappa shape index (κ2) is 12.3. The van der Waals surface area contributed by atoms with Crippen LogP contribution in [-0.4, -0.2) is 57.8 Å². The number of hydrogen-bond acceptors (Lipinski definition) is 5. The van der Waals surface area contributed by atoms with Gasteiger partial charge < -0.3 is 25.7 Å². The maximum atomic E-state index is 12.7. The number of carbonyl (C=O) groups excluding carboxylic acids is 1. The van der Waals surface area contributed by atoms with Crippen LogP contribution in [0.25, 0.3) is 0 Å². The highest BCUT2D eigenvalue weighted by molar-refractivity contribution is 5.78. The van der Waals surface area contributed by atoms with E-state index in [9.17, 15) is 20.1 Å². The van der Waals surface area contributed by atoms with E-state index in [1.54, 1.807) is 0 Å². The van der Waals surface area contributed by atoms with Gasteiger partial charge in [0.05, 0.1) is 18.3 Å². The summed E-state index contributed by atoms with van der Waals surface area (Å²) < 4.78 is 0. The summed E-state index contributed by atoms with van der Waals surface area (Å²) in [7, 11) is 0. The number of carbonyl (C=O) groups is 1. The van der Waals surface area contributed by atoms with Crippen molar-refractivity contribution >= 4 is 5.91 Å². The molecule has 1 aromatic carbocycles. The first-order valence-electron chi connectivity index (χ1n) is 10.9. The fraction of sp³-hybridized carbons (Fsp3) is 0.696. The predicted molar refractivity (Wildman–Crippen MR) is 112 cm³/mol. The summed E-state index contributed by atoms with van der Waals surface area (Å²) in [5, 5.41) is 42.8. The summed E-state index contributed by atoms with van der Waals surface area (Å²) in [6.45, 7) is 2.17. The van der Waals surface area contributed by atoms with Gasteiger partial charge in [0.25, 0.3) is 0 Å². The van der Waals surface area contributed by atoms with Crippen LogP contribution in [0.2, 0.25) is 0 Å². The van der Waals surface area contributed by atoms with Crippen molar-refractivity contribution in [3.05, 3.63) is 35.9 Å². The summed E-state index contributed by atoms with van der Waals surface area (Å²) in [4.78, 5) is 12.7. The van der Waals surface area contributed by atoms with Crippen LogP contribution in [0.15, 0.2) is 30.3 Å². The number of benzene rings is 1. The van der Waals surface area contributed by atoms with Gasteiger partial charge in [-0.2, -0.15) is 0 Å². The number of nitrogens with one attached hydrogen (secondary N) is 1. The normalized spacial score (nSPS) is 19.2. The largest absolute Gasteiger partial charge is 0.396 e. The first-order valence-corrected chi connectivity index (χ1v) is 10.9. The number of aliphatic hydroxyl groups is 4. The molecule has 6 heteroatoms. The standard InChI is InChI=1S/C23H37NO5/c1-16(15-25)7-10-20(26)14-24-23(29)19(11-18-8-9-18)13-22(28)21(27)12-17-5-3-2-4-6-17/h2-6,16,18-22,25-28H,7-15H2,1H3,(H,24,29). The van der Waals surface area contributed by atoms with E-state index < -0.39 is 18.3 Å². The lowest BCUT2D eigenvalue weighted by Gasteiger charge is -2.24. The second-order valence-electron chi connectivity index (χ2n) is 8.70. The van der Waals surface area contributed by atoms with E-state index in [2.05, 4.69) is 5.32 Å².